The summed E-state index contributed by atoms with van der Waals surface area (Å²) in [5.74, 6) is 0.102. The zero-order chi connectivity index (χ0) is 31.4. The van der Waals surface area contributed by atoms with Crippen LogP contribution in [0.1, 0.15) is 40.9 Å². The molecule has 1 aromatic heterocycles. The Kier molecular flexibility index (Phi) is 5.21. The Morgan fingerprint density at radius 3 is 2.06 bits per heavy atom. The van der Waals surface area contributed by atoms with Crippen molar-refractivity contribution in [2.75, 3.05) is 4.90 Å². The van der Waals surface area contributed by atoms with Crippen molar-refractivity contribution in [2.24, 2.45) is 0 Å². The number of hydrogen-bond donors (Lipinski definition) is 0. The van der Waals surface area contributed by atoms with Crippen LogP contribution >= 0.6 is 0 Å². The summed E-state index contributed by atoms with van der Waals surface area (Å²) in [7, 11) is 0. The van der Waals surface area contributed by atoms with Crippen LogP contribution in [-0.4, -0.2) is 10.4 Å². The van der Waals surface area contributed by atoms with Crippen LogP contribution in [0.5, 0.6) is 0 Å². The number of rotatable bonds is 2. The molecule has 4 aliphatic rings. The van der Waals surface area contributed by atoms with Crippen molar-refractivity contribution in [1.82, 2.24) is 4.57 Å². The second-order valence-electron chi connectivity index (χ2n) is 13.3. The third-order valence-electron chi connectivity index (χ3n) is 10.5. The number of fused-ring (bicyclic) bond motifs is 10. The maximum absolute atomic E-state index is 14.1. The van der Waals surface area contributed by atoms with E-state index in [-0.39, 0.29) is 11.2 Å². The molecule has 0 unspecified atom stereocenters. The van der Waals surface area contributed by atoms with E-state index in [0.717, 1.165) is 56.1 Å². The van der Waals surface area contributed by atoms with Crippen LogP contribution in [-0.2, 0) is 5.41 Å². The molecule has 47 heavy (non-hydrogen) atoms. The minimum Gasteiger partial charge on any atom is -0.309 e. The maximum atomic E-state index is 14.1. The van der Waals surface area contributed by atoms with E-state index in [4.69, 9.17) is 0 Å². The molecule has 222 valence electrons. The van der Waals surface area contributed by atoms with Crippen molar-refractivity contribution in [3.05, 3.63) is 168 Å². The molecule has 0 bridgehead atoms. The van der Waals surface area contributed by atoms with E-state index in [1.807, 2.05) is 30.3 Å². The molecule has 6 aromatic rings. The van der Waals surface area contributed by atoms with Gasteiger partial charge in [-0.15, -0.1) is 0 Å². The Balaban J connectivity index is 1.31. The van der Waals surface area contributed by atoms with E-state index >= 15 is 0 Å². The third-order valence-corrected chi connectivity index (χ3v) is 10.5. The normalized spacial score (nSPS) is 14.3. The van der Waals surface area contributed by atoms with Gasteiger partial charge in [-0.2, -0.15) is 0 Å². The lowest BCUT2D eigenvalue weighted by Crippen LogP contribution is -2.31. The summed E-state index contributed by atoms with van der Waals surface area (Å²) in [5, 5.41) is 2.43. The van der Waals surface area contributed by atoms with Gasteiger partial charge in [0.2, 0.25) is 0 Å². The summed E-state index contributed by atoms with van der Waals surface area (Å²) in [6, 6.07) is 51.6. The van der Waals surface area contributed by atoms with Crippen LogP contribution in [0.25, 0.3) is 49.7 Å². The molecule has 0 saturated heterocycles. The zero-order valence-electron chi connectivity index (χ0n) is 26.2. The molecule has 2 heterocycles. The van der Waals surface area contributed by atoms with E-state index in [1.165, 1.54) is 32.9 Å². The number of carbonyl (C=O) groups excluding carboxylic acids is 1. The number of hydrogen-bond acceptors (Lipinski definition) is 2. The number of anilines is 3. The highest BCUT2D eigenvalue weighted by atomic mass is 16.1. The second kappa shape index (κ2) is 9.31. The Bertz CT molecular complexity index is 2570. The molecule has 0 amide bonds. The van der Waals surface area contributed by atoms with Crippen molar-refractivity contribution in [3.63, 3.8) is 0 Å². The Labute approximate surface area is 273 Å². The highest BCUT2D eigenvalue weighted by molar-refractivity contribution is 6.28. The van der Waals surface area contributed by atoms with E-state index < -0.39 is 0 Å². The van der Waals surface area contributed by atoms with Gasteiger partial charge in [-0.05, 0) is 76.3 Å². The first-order valence-electron chi connectivity index (χ1n) is 16.2. The van der Waals surface area contributed by atoms with Gasteiger partial charge in [-0.3, -0.25) is 4.79 Å². The number of carbonyl (C=O) groups is 1. The van der Waals surface area contributed by atoms with E-state index in [0.29, 0.717) is 0 Å². The molecule has 1 aliphatic heterocycles. The largest absolute Gasteiger partial charge is 0.309 e. The molecule has 5 aromatic carbocycles. The summed E-state index contributed by atoms with van der Waals surface area (Å²) in [6.45, 7) is 4.68. The molecule has 0 spiro atoms. The fraction of sp³-hybridized carbons (Fsp3) is 0.0682. The van der Waals surface area contributed by atoms with Gasteiger partial charge >= 0.3 is 0 Å². The summed E-state index contributed by atoms with van der Waals surface area (Å²) in [6.07, 6.45) is 0. The first kappa shape index (κ1) is 26.3. The first-order chi connectivity index (χ1) is 23.0. The van der Waals surface area contributed by atoms with Gasteiger partial charge in [0.15, 0.2) is 5.78 Å². The Morgan fingerprint density at radius 2 is 1.19 bits per heavy atom. The van der Waals surface area contributed by atoms with Crippen molar-refractivity contribution in [2.45, 2.75) is 19.3 Å². The van der Waals surface area contributed by atoms with Gasteiger partial charge in [0.1, 0.15) is 0 Å². The third kappa shape index (κ3) is 3.43. The lowest BCUT2D eigenvalue weighted by Gasteiger charge is -2.42. The summed E-state index contributed by atoms with van der Waals surface area (Å²) < 4.78 is 2.40. The predicted octanol–water partition coefficient (Wildman–Crippen LogP) is 11.2. The highest BCUT2D eigenvalue weighted by Crippen LogP contribution is 2.57. The molecule has 3 nitrogen and oxygen atoms in total. The number of benzene rings is 5. The fourth-order valence-electron chi connectivity index (χ4n) is 8.34. The lowest BCUT2D eigenvalue weighted by atomic mass is 9.73. The van der Waals surface area contributed by atoms with Gasteiger partial charge in [0, 0.05) is 38.6 Å². The number of aromatic nitrogens is 1. The fourth-order valence-corrected chi connectivity index (χ4v) is 8.34. The molecule has 0 atom stereocenters. The minimum atomic E-state index is -0.267. The van der Waals surface area contributed by atoms with Crippen LogP contribution in [0.3, 0.4) is 0 Å². The minimum absolute atomic E-state index is 0.102. The Morgan fingerprint density at radius 1 is 0.489 bits per heavy atom. The average Bonchev–Trinajstić information content (AvgIpc) is 3.64. The lowest BCUT2D eigenvalue weighted by molar-refractivity contribution is 0.104. The van der Waals surface area contributed by atoms with Gasteiger partial charge in [0.25, 0.3) is 0 Å². The molecule has 10 rings (SSSR count). The molecule has 0 radical (unpaired) electrons. The van der Waals surface area contributed by atoms with Gasteiger partial charge in [-0.25, -0.2) is 0 Å². The second-order valence-corrected chi connectivity index (χ2v) is 13.3. The SMILES string of the molecule is CC1(C)c2ccccc2N(c2cccc3c2-c2cc4cccccc-4c2C3=O)c2cc3c4ccccc4n(-c4ccccc4)c3cc21. The number of para-hydroxylation sites is 3. The zero-order valence-corrected chi connectivity index (χ0v) is 26.2. The van der Waals surface area contributed by atoms with Crippen LogP contribution in [0, 0.1) is 0 Å². The Hall–Kier alpha value is -5.93. The van der Waals surface area contributed by atoms with Crippen molar-refractivity contribution >= 4 is 44.7 Å². The van der Waals surface area contributed by atoms with Crippen LogP contribution in [0.4, 0.5) is 17.1 Å². The molecular formula is C44H30N2O. The highest BCUT2D eigenvalue weighted by Gasteiger charge is 2.41. The van der Waals surface area contributed by atoms with E-state index in [9.17, 15) is 4.79 Å². The summed E-state index contributed by atoms with van der Waals surface area (Å²) in [5.41, 5.74) is 14.8. The molecule has 3 aliphatic carbocycles. The standard InChI is InChI=1S/C44H30N2O/c1-44(2)34-20-10-12-22-37(34)46(38-23-13-19-31-41(38)33-24-27-14-5-3-8-17-29(27)42(33)43(31)47)40-25-32-30-18-9-11-21-36(30)45(39(32)26-35(40)44)28-15-6-4-7-16-28/h3-26H,1-2H3. The molecule has 0 saturated carbocycles. The monoisotopic (exact) mass is 602 g/mol. The molecular weight excluding hydrogens is 572 g/mol. The van der Waals surface area contributed by atoms with Crippen molar-refractivity contribution in [1.29, 1.82) is 0 Å². The molecule has 0 N–H and O–H groups in total. The maximum Gasteiger partial charge on any atom is 0.194 e. The average molecular weight is 603 g/mol. The van der Waals surface area contributed by atoms with Crippen molar-refractivity contribution < 1.29 is 4.79 Å². The van der Waals surface area contributed by atoms with Crippen LogP contribution in [0.15, 0.2) is 146 Å². The quantitative estimate of drug-likeness (QED) is 0.197. The van der Waals surface area contributed by atoms with Crippen LogP contribution < -0.4 is 4.90 Å². The summed E-state index contributed by atoms with van der Waals surface area (Å²) >= 11 is 0. The van der Waals surface area contributed by atoms with Crippen molar-refractivity contribution in [3.8, 4) is 27.9 Å². The number of nitrogens with zero attached hydrogens (tertiary/aromatic N) is 2. The van der Waals surface area contributed by atoms with Gasteiger partial charge < -0.3 is 9.47 Å². The first-order valence-corrected chi connectivity index (χ1v) is 16.2. The summed E-state index contributed by atoms with van der Waals surface area (Å²) in [4.78, 5) is 16.6. The van der Waals surface area contributed by atoms with Gasteiger partial charge in [-0.1, -0.05) is 111 Å². The molecule has 0 fully saturated rings. The van der Waals surface area contributed by atoms with Gasteiger partial charge in [0.05, 0.1) is 28.1 Å². The number of ketones is 1. The van der Waals surface area contributed by atoms with E-state index in [1.54, 1.807) is 0 Å². The van der Waals surface area contributed by atoms with Crippen LogP contribution in [0.2, 0.25) is 0 Å². The molecule has 3 heteroatoms. The topological polar surface area (TPSA) is 25.2 Å². The van der Waals surface area contributed by atoms with E-state index in [2.05, 4.69) is 139 Å². The smallest absolute Gasteiger partial charge is 0.194 e. The predicted molar refractivity (Wildman–Crippen MR) is 193 cm³/mol.